The van der Waals surface area contributed by atoms with E-state index in [2.05, 4.69) is 20.3 Å². The van der Waals surface area contributed by atoms with Crippen LogP contribution in [0.3, 0.4) is 0 Å². The van der Waals surface area contributed by atoms with Gasteiger partial charge in [-0.15, -0.1) is 0 Å². The van der Waals surface area contributed by atoms with Gasteiger partial charge in [0.1, 0.15) is 0 Å². The molecule has 148 valence electrons. The molecule has 10 heteroatoms. The number of aliphatic hydroxyl groups excluding tert-OH is 1. The number of thioether (sulfide) groups is 1. The zero-order valence-corrected chi connectivity index (χ0v) is 17.0. The SMILES string of the molecule is CC(C)n1cnc2c(Nc3ccc(C(=O)O)c(Cl)c3)nc(SCCCO)nc21. The number of halogens is 1. The third-order valence-corrected chi connectivity index (χ3v) is 5.20. The summed E-state index contributed by atoms with van der Waals surface area (Å²) < 4.78 is 1.96. The number of aromatic nitrogens is 4. The van der Waals surface area contributed by atoms with Gasteiger partial charge < -0.3 is 20.1 Å². The molecule has 0 radical (unpaired) electrons. The number of rotatable bonds is 8. The molecule has 0 amide bonds. The first kappa shape index (κ1) is 20.4. The number of nitrogens with one attached hydrogen (secondary N) is 1. The molecule has 0 fully saturated rings. The van der Waals surface area contributed by atoms with Crippen LogP contribution in [-0.4, -0.2) is 48.1 Å². The molecule has 3 N–H and O–H groups in total. The molecule has 2 heterocycles. The molecule has 8 nitrogen and oxygen atoms in total. The highest BCUT2D eigenvalue weighted by atomic mass is 35.5. The van der Waals surface area contributed by atoms with Gasteiger partial charge in [-0.1, -0.05) is 23.4 Å². The van der Waals surface area contributed by atoms with E-state index in [0.29, 0.717) is 40.0 Å². The molecule has 0 saturated carbocycles. The van der Waals surface area contributed by atoms with E-state index in [0.717, 1.165) is 0 Å². The van der Waals surface area contributed by atoms with Crippen molar-refractivity contribution < 1.29 is 15.0 Å². The molecular formula is C18H20ClN5O3S. The Labute approximate surface area is 171 Å². The second-order valence-corrected chi connectivity index (χ2v) is 7.79. The molecule has 0 spiro atoms. The van der Waals surface area contributed by atoms with Crippen molar-refractivity contribution in [1.29, 1.82) is 0 Å². The Morgan fingerprint density at radius 2 is 2.14 bits per heavy atom. The molecule has 3 rings (SSSR count). The highest BCUT2D eigenvalue weighted by Crippen LogP contribution is 2.29. The zero-order chi connectivity index (χ0) is 20.3. The first-order valence-corrected chi connectivity index (χ1v) is 10.0. The van der Waals surface area contributed by atoms with Crippen molar-refractivity contribution in [2.75, 3.05) is 17.7 Å². The molecule has 0 aliphatic rings. The van der Waals surface area contributed by atoms with Crippen LogP contribution in [0.1, 0.15) is 36.7 Å². The van der Waals surface area contributed by atoms with E-state index in [9.17, 15) is 4.79 Å². The van der Waals surface area contributed by atoms with E-state index in [1.54, 1.807) is 12.4 Å². The van der Waals surface area contributed by atoms with Gasteiger partial charge in [-0.2, -0.15) is 0 Å². The van der Waals surface area contributed by atoms with Crippen molar-refractivity contribution in [2.24, 2.45) is 0 Å². The van der Waals surface area contributed by atoms with E-state index in [1.807, 2.05) is 18.4 Å². The van der Waals surface area contributed by atoms with Gasteiger partial charge in [0.15, 0.2) is 22.1 Å². The number of aromatic carboxylic acids is 1. The van der Waals surface area contributed by atoms with E-state index >= 15 is 0 Å². The summed E-state index contributed by atoms with van der Waals surface area (Å²) in [5.74, 6) is 0.116. The molecule has 0 aliphatic carbocycles. The highest BCUT2D eigenvalue weighted by molar-refractivity contribution is 7.99. The minimum Gasteiger partial charge on any atom is -0.478 e. The maximum Gasteiger partial charge on any atom is 0.337 e. The molecule has 0 saturated heterocycles. The van der Waals surface area contributed by atoms with Crippen LogP contribution < -0.4 is 5.32 Å². The first-order chi connectivity index (χ1) is 13.4. The fraction of sp³-hybridized carbons (Fsp3) is 0.333. The van der Waals surface area contributed by atoms with Crippen LogP contribution in [-0.2, 0) is 0 Å². The number of hydrogen-bond donors (Lipinski definition) is 3. The molecule has 0 bridgehead atoms. The number of hydrogen-bond acceptors (Lipinski definition) is 7. The number of carbonyl (C=O) groups is 1. The molecule has 28 heavy (non-hydrogen) atoms. The van der Waals surface area contributed by atoms with Crippen molar-refractivity contribution >= 4 is 52.0 Å². The molecule has 2 aromatic heterocycles. The van der Waals surface area contributed by atoms with E-state index < -0.39 is 5.97 Å². The largest absolute Gasteiger partial charge is 0.478 e. The number of benzene rings is 1. The quantitative estimate of drug-likeness (QED) is 0.284. The summed E-state index contributed by atoms with van der Waals surface area (Å²) in [6.07, 6.45) is 2.36. The van der Waals surface area contributed by atoms with Crippen molar-refractivity contribution in [3.63, 3.8) is 0 Å². The van der Waals surface area contributed by atoms with Gasteiger partial charge in [0.2, 0.25) is 0 Å². The second kappa shape index (κ2) is 8.76. The lowest BCUT2D eigenvalue weighted by molar-refractivity contribution is 0.0697. The lowest BCUT2D eigenvalue weighted by Gasteiger charge is -2.11. The third-order valence-electron chi connectivity index (χ3n) is 3.95. The lowest BCUT2D eigenvalue weighted by Crippen LogP contribution is -2.04. The number of carboxylic acid groups (broad SMARTS) is 1. The average molecular weight is 422 g/mol. The Morgan fingerprint density at radius 1 is 1.36 bits per heavy atom. The van der Waals surface area contributed by atoms with E-state index in [-0.39, 0.29) is 23.2 Å². The number of anilines is 2. The summed E-state index contributed by atoms with van der Waals surface area (Å²) >= 11 is 7.52. The topological polar surface area (TPSA) is 113 Å². The van der Waals surface area contributed by atoms with Gasteiger partial charge in [-0.3, -0.25) is 0 Å². The maximum atomic E-state index is 11.1. The van der Waals surface area contributed by atoms with E-state index in [4.69, 9.17) is 21.8 Å². The monoisotopic (exact) mass is 421 g/mol. The number of carboxylic acids is 1. The van der Waals surface area contributed by atoms with Gasteiger partial charge in [0.25, 0.3) is 0 Å². The van der Waals surface area contributed by atoms with Gasteiger partial charge in [0.05, 0.1) is 16.9 Å². The van der Waals surface area contributed by atoms with Crippen LogP contribution in [0.15, 0.2) is 29.7 Å². The minimum atomic E-state index is -1.08. The second-order valence-electron chi connectivity index (χ2n) is 6.32. The minimum absolute atomic E-state index is 0.0318. The van der Waals surface area contributed by atoms with Crippen LogP contribution >= 0.6 is 23.4 Å². The van der Waals surface area contributed by atoms with Gasteiger partial charge in [0, 0.05) is 24.1 Å². The average Bonchev–Trinajstić information content (AvgIpc) is 3.06. The van der Waals surface area contributed by atoms with Crippen molar-refractivity contribution in [3.05, 3.63) is 35.1 Å². The Hall–Kier alpha value is -2.36. The predicted octanol–water partition coefficient (Wildman–Crippen LogP) is 3.98. The molecule has 1 aromatic carbocycles. The lowest BCUT2D eigenvalue weighted by atomic mass is 10.2. The maximum absolute atomic E-state index is 11.1. The summed E-state index contributed by atoms with van der Waals surface area (Å²) in [5.41, 5.74) is 1.94. The Morgan fingerprint density at radius 3 is 2.79 bits per heavy atom. The third kappa shape index (κ3) is 4.37. The summed E-state index contributed by atoms with van der Waals surface area (Å²) in [6.45, 7) is 4.19. The Balaban J connectivity index is 2.01. The summed E-state index contributed by atoms with van der Waals surface area (Å²) in [4.78, 5) is 24.7. The Bertz CT molecular complexity index is 1010. The van der Waals surface area contributed by atoms with Gasteiger partial charge >= 0.3 is 5.97 Å². The normalized spacial score (nSPS) is 11.3. The van der Waals surface area contributed by atoms with Crippen LogP contribution in [0.2, 0.25) is 5.02 Å². The zero-order valence-electron chi connectivity index (χ0n) is 15.4. The van der Waals surface area contributed by atoms with E-state index in [1.165, 1.54) is 23.9 Å². The summed E-state index contributed by atoms with van der Waals surface area (Å²) in [6, 6.07) is 4.78. The number of aliphatic hydroxyl groups is 1. The molecule has 0 aliphatic heterocycles. The standard InChI is InChI=1S/C18H20ClN5O3S/c1-10(2)24-9-20-14-15(22-18(23-16(14)24)28-7-3-6-25)21-11-4-5-12(17(26)27)13(19)8-11/h4-5,8-10,25H,3,6-7H2,1-2H3,(H,26,27)(H,21,22,23). The molecule has 0 atom stereocenters. The summed E-state index contributed by atoms with van der Waals surface area (Å²) in [7, 11) is 0. The number of nitrogens with zero attached hydrogens (tertiary/aromatic N) is 4. The van der Waals surface area contributed by atoms with Crippen LogP contribution in [0.25, 0.3) is 11.2 Å². The first-order valence-electron chi connectivity index (χ1n) is 8.68. The molecular weight excluding hydrogens is 402 g/mol. The van der Waals surface area contributed by atoms with Crippen LogP contribution in [0.5, 0.6) is 0 Å². The number of fused-ring (bicyclic) bond motifs is 1. The highest BCUT2D eigenvalue weighted by Gasteiger charge is 2.16. The van der Waals surface area contributed by atoms with Crippen LogP contribution in [0.4, 0.5) is 11.5 Å². The summed E-state index contributed by atoms with van der Waals surface area (Å²) in [5, 5.41) is 22.0. The molecule has 3 aromatic rings. The fourth-order valence-electron chi connectivity index (χ4n) is 2.56. The van der Waals surface area contributed by atoms with Crippen LogP contribution in [0, 0.1) is 0 Å². The Kier molecular flexibility index (Phi) is 6.38. The fourth-order valence-corrected chi connectivity index (χ4v) is 3.58. The van der Waals surface area contributed by atoms with Crippen molar-refractivity contribution in [1.82, 2.24) is 19.5 Å². The van der Waals surface area contributed by atoms with Crippen molar-refractivity contribution in [3.8, 4) is 0 Å². The predicted molar refractivity (Wildman–Crippen MR) is 110 cm³/mol. The van der Waals surface area contributed by atoms with Crippen molar-refractivity contribution in [2.45, 2.75) is 31.5 Å². The smallest absolute Gasteiger partial charge is 0.337 e. The number of imidazole rings is 1. The molecule has 0 unspecified atom stereocenters. The van der Waals surface area contributed by atoms with Gasteiger partial charge in [-0.05, 0) is 38.5 Å². The van der Waals surface area contributed by atoms with Gasteiger partial charge in [-0.25, -0.2) is 19.7 Å².